The van der Waals surface area contributed by atoms with Crippen molar-refractivity contribution < 1.29 is 23.4 Å². The zero-order chi connectivity index (χ0) is 26.2. The van der Waals surface area contributed by atoms with Crippen molar-refractivity contribution in [3.05, 3.63) is 82.7 Å². The van der Waals surface area contributed by atoms with Crippen LogP contribution in [-0.2, 0) is 11.3 Å². The van der Waals surface area contributed by atoms with Crippen LogP contribution in [0.5, 0.6) is 17.2 Å². The number of hydrogen-bond donors (Lipinski definition) is 0. The number of hydrogen-bond acceptors (Lipinski definition) is 8. The summed E-state index contributed by atoms with van der Waals surface area (Å²) in [6.07, 6.45) is 4.99. The number of furan rings is 1. The molecule has 1 aromatic heterocycles. The molecule has 0 saturated carbocycles. The summed E-state index contributed by atoms with van der Waals surface area (Å²) < 4.78 is 22.2. The fourth-order valence-electron chi connectivity index (χ4n) is 3.49. The van der Waals surface area contributed by atoms with E-state index in [0.29, 0.717) is 45.6 Å². The Morgan fingerprint density at radius 3 is 2.57 bits per heavy atom. The number of nitrogens with zero attached hydrogens (tertiary/aromatic N) is 3. The van der Waals surface area contributed by atoms with Gasteiger partial charge in [0.05, 0.1) is 44.8 Å². The molecule has 0 N–H and O–H groups in total. The van der Waals surface area contributed by atoms with E-state index in [1.165, 1.54) is 11.8 Å². The van der Waals surface area contributed by atoms with Gasteiger partial charge in [-0.15, -0.1) is 5.10 Å². The highest BCUT2D eigenvalue weighted by Crippen LogP contribution is 2.35. The van der Waals surface area contributed by atoms with Crippen LogP contribution < -0.4 is 14.2 Å². The Hall–Kier alpha value is -3.98. The second-order valence-corrected chi connectivity index (χ2v) is 9.57. The van der Waals surface area contributed by atoms with Crippen molar-refractivity contribution in [2.45, 2.75) is 20.4 Å². The summed E-state index contributed by atoms with van der Waals surface area (Å²) in [7, 11) is 3.20. The van der Waals surface area contributed by atoms with Gasteiger partial charge < -0.3 is 18.6 Å². The van der Waals surface area contributed by atoms with Crippen molar-refractivity contribution in [1.29, 1.82) is 0 Å². The van der Waals surface area contributed by atoms with Gasteiger partial charge in [-0.3, -0.25) is 9.69 Å². The van der Waals surface area contributed by atoms with E-state index in [4.69, 9.17) is 18.6 Å². The van der Waals surface area contributed by atoms with Crippen molar-refractivity contribution in [1.82, 2.24) is 4.90 Å². The molecule has 0 spiro atoms. The quantitative estimate of drug-likeness (QED) is 0.190. The molecule has 8 nitrogen and oxygen atoms in total. The van der Waals surface area contributed by atoms with E-state index in [0.717, 1.165) is 11.1 Å². The van der Waals surface area contributed by atoms with Crippen LogP contribution in [0.2, 0.25) is 0 Å². The van der Waals surface area contributed by atoms with Gasteiger partial charge in [-0.2, -0.15) is 5.10 Å². The van der Waals surface area contributed by atoms with Crippen LogP contribution >= 0.6 is 11.8 Å². The maximum absolute atomic E-state index is 13.3. The topological polar surface area (TPSA) is 85.9 Å². The summed E-state index contributed by atoms with van der Waals surface area (Å²) in [5.41, 5.74) is 1.59. The number of rotatable bonds is 10. The SMILES string of the molecule is COc1ccccc1/C=C1\S/C(=N\N=C\c2ccc(OCC(C)C)c(OC)c2)N(Cc2ccco2)C1=O. The number of carbonyl (C=O) groups excluding carboxylic acids is 1. The lowest BCUT2D eigenvalue weighted by Crippen LogP contribution is -2.28. The minimum Gasteiger partial charge on any atom is -0.496 e. The highest BCUT2D eigenvalue weighted by Gasteiger charge is 2.34. The number of ether oxygens (including phenoxy) is 3. The first kappa shape index (κ1) is 26.1. The predicted molar refractivity (Wildman–Crippen MR) is 146 cm³/mol. The Labute approximate surface area is 220 Å². The van der Waals surface area contributed by atoms with E-state index in [-0.39, 0.29) is 12.5 Å². The molecule has 3 aromatic rings. The van der Waals surface area contributed by atoms with Crippen molar-refractivity contribution in [3.8, 4) is 17.2 Å². The molecule has 0 bridgehead atoms. The van der Waals surface area contributed by atoms with Gasteiger partial charge in [0.15, 0.2) is 16.7 Å². The Balaban J connectivity index is 1.59. The van der Waals surface area contributed by atoms with E-state index in [1.807, 2.05) is 48.5 Å². The van der Waals surface area contributed by atoms with Crippen molar-refractivity contribution in [2.75, 3.05) is 20.8 Å². The summed E-state index contributed by atoms with van der Waals surface area (Å²) in [5.74, 6) is 2.83. The summed E-state index contributed by atoms with van der Waals surface area (Å²) in [5, 5.41) is 9.08. The molecule has 192 valence electrons. The highest BCUT2D eigenvalue weighted by atomic mass is 32.2. The highest BCUT2D eigenvalue weighted by molar-refractivity contribution is 8.18. The van der Waals surface area contributed by atoms with E-state index < -0.39 is 0 Å². The van der Waals surface area contributed by atoms with Gasteiger partial charge in [-0.25, -0.2) is 0 Å². The van der Waals surface area contributed by atoms with Crippen LogP contribution in [0.1, 0.15) is 30.7 Å². The van der Waals surface area contributed by atoms with Gasteiger partial charge in [0.25, 0.3) is 5.91 Å². The third-order valence-electron chi connectivity index (χ3n) is 5.32. The smallest absolute Gasteiger partial charge is 0.267 e. The molecule has 0 unspecified atom stereocenters. The minimum atomic E-state index is -0.186. The second kappa shape index (κ2) is 12.3. The van der Waals surface area contributed by atoms with Gasteiger partial charge in [0, 0.05) is 5.56 Å². The maximum Gasteiger partial charge on any atom is 0.267 e. The molecule has 2 heterocycles. The van der Waals surface area contributed by atoms with Crippen molar-refractivity contribution in [3.63, 3.8) is 0 Å². The monoisotopic (exact) mass is 519 g/mol. The minimum absolute atomic E-state index is 0.186. The fraction of sp³-hybridized carbons (Fsp3) is 0.250. The van der Waals surface area contributed by atoms with Gasteiger partial charge in [-0.05, 0) is 65.7 Å². The summed E-state index contributed by atoms with van der Waals surface area (Å²) in [6.45, 7) is 5.01. The molecular weight excluding hydrogens is 490 g/mol. The average molecular weight is 520 g/mol. The second-order valence-electron chi connectivity index (χ2n) is 8.57. The van der Waals surface area contributed by atoms with E-state index >= 15 is 0 Å². The molecule has 37 heavy (non-hydrogen) atoms. The number of amidine groups is 1. The Kier molecular flexibility index (Phi) is 8.68. The summed E-state index contributed by atoms with van der Waals surface area (Å²) in [6, 6.07) is 16.7. The number of carbonyl (C=O) groups is 1. The number of benzene rings is 2. The van der Waals surface area contributed by atoms with Crippen LogP contribution in [0.25, 0.3) is 6.08 Å². The molecule has 9 heteroatoms. The zero-order valence-corrected chi connectivity index (χ0v) is 22.0. The largest absolute Gasteiger partial charge is 0.496 e. The Bertz CT molecular complexity index is 1320. The lowest BCUT2D eigenvalue weighted by molar-refractivity contribution is -0.122. The molecule has 2 aromatic carbocycles. The van der Waals surface area contributed by atoms with Crippen molar-refractivity contribution >= 4 is 35.1 Å². The zero-order valence-electron chi connectivity index (χ0n) is 21.2. The number of para-hydroxylation sites is 1. The maximum atomic E-state index is 13.3. The van der Waals surface area contributed by atoms with Crippen LogP contribution in [0.4, 0.5) is 0 Å². The average Bonchev–Trinajstić information content (AvgIpc) is 3.52. The lowest BCUT2D eigenvalue weighted by Gasteiger charge is -2.13. The molecule has 4 rings (SSSR count). The number of amides is 1. The lowest BCUT2D eigenvalue weighted by atomic mass is 10.2. The molecule has 0 radical (unpaired) electrons. The van der Waals surface area contributed by atoms with E-state index in [9.17, 15) is 4.79 Å². The standard InChI is InChI=1S/C28H29N3O5S/c1-19(2)18-36-24-12-11-20(14-25(24)34-4)16-29-30-28-31(17-22-9-7-13-35-22)27(32)26(37-28)15-21-8-5-6-10-23(21)33-3/h5-16,19H,17-18H2,1-4H3/b26-15-,29-16+,30-28-. The van der Waals surface area contributed by atoms with Crippen LogP contribution in [0.3, 0.4) is 0 Å². The molecule has 0 aliphatic carbocycles. The van der Waals surface area contributed by atoms with Gasteiger partial charge in [0.1, 0.15) is 11.5 Å². The van der Waals surface area contributed by atoms with Crippen LogP contribution in [0, 0.1) is 5.92 Å². The van der Waals surface area contributed by atoms with E-state index in [1.54, 1.807) is 43.7 Å². The van der Waals surface area contributed by atoms with Gasteiger partial charge >= 0.3 is 0 Å². The third kappa shape index (κ3) is 6.62. The normalized spacial score (nSPS) is 15.9. The number of methoxy groups -OCH3 is 2. The molecule has 1 aliphatic rings. The first-order valence-electron chi connectivity index (χ1n) is 11.8. The molecule has 1 aliphatic heterocycles. The third-order valence-corrected chi connectivity index (χ3v) is 6.31. The molecular formula is C28H29N3O5S. The predicted octanol–water partition coefficient (Wildman–Crippen LogP) is 5.84. The Morgan fingerprint density at radius 2 is 1.84 bits per heavy atom. The molecule has 1 saturated heterocycles. The first-order valence-corrected chi connectivity index (χ1v) is 12.6. The van der Waals surface area contributed by atoms with Gasteiger partial charge in [0.2, 0.25) is 0 Å². The fourth-order valence-corrected chi connectivity index (χ4v) is 4.42. The van der Waals surface area contributed by atoms with E-state index in [2.05, 4.69) is 24.1 Å². The summed E-state index contributed by atoms with van der Waals surface area (Å²) >= 11 is 1.25. The molecule has 1 fully saturated rings. The first-order chi connectivity index (χ1) is 18.0. The van der Waals surface area contributed by atoms with Crippen LogP contribution in [-0.4, -0.2) is 43.0 Å². The van der Waals surface area contributed by atoms with Gasteiger partial charge in [-0.1, -0.05) is 32.0 Å². The van der Waals surface area contributed by atoms with Crippen LogP contribution in [0.15, 0.2) is 80.4 Å². The molecule has 1 amide bonds. The van der Waals surface area contributed by atoms with Crippen molar-refractivity contribution in [2.24, 2.45) is 16.1 Å². The Morgan fingerprint density at radius 1 is 1.03 bits per heavy atom. The number of thioether (sulfide) groups is 1. The molecule has 0 atom stereocenters. The summed E-state index contributed by atoms with van der Waals surface area (Å²) in [4.78, 5) is 15.4.